The zero-order valence-corrected chi connectivity index (χ0v) is 13.2. The Labute approximate surface area is 127 Å². The predicted octanol–water partition coefficient (Wildman–Crippen LogP) is 1.92. The van der Waals surface area contributed by atoms with E-state index in [2.05, 4.69) is 29.4 Å². The van der Waals surface area contributed by atoms with Crippen LogP contribution in [-0.4, -0.2) is 45.3 Å². The Bertz CT molecular complexity index is 531. The van der Waals surface area contributed by atoms with Gasteiger partial charge >= 0.3 is 12.0 Å². The molecule has 0 spiro atoms. The van der Waals surface area contributed by atoms with Crippen molar-refractivity contribution in [1.82, 2.24) is 15.1 Å². The number of urea groups is 1. The number of nitrogens with one attached hydrogen (secondary N) is 1. The number of rotatable bonds is 4. The van der Waals surface area contributed by atoms with Gasteiger partial charge in [-0.25, -0.2) is 4.79 Å². The SMILES string of the molecule is CC(C)Cc1nnc(NC(=O)N2C[C@@H](C)[C@H](C(=O)O)C2)s1. The molecule has 21 heavy (non-hydrogen) atoms. The molecule has 116 valence electrons. The van der Waals surface area contributed by atoms with Gasteiger partial charge in [0.2, 0.25) is 5.13 Å². The van der Waals surface area contributed by atoms with Gasteiger partial charge in [-0.05, 0) is 11.8 Å². The number of likely N-dealkylation sites (tertiary alicyclic amines) is 1. The van der Waals surface area contributed by atoms with E-state index in [1.54, 1.807) is 0 Å². The molecule has 1 fully saturated rings. The van der Waals surface area contributed by atoms with Crippen LogP contribution in [0.1, 0.15) is 25.8 Å². The molecule has 8 heteroatoms. The first kappa shape index (κ1) is 15.7. The molecule has 0 aromatic carbocycles. The minimum absolute atomic E-state index is 0.0424. The quantitative estimate of drug-likeness (QED) is 0.885. The Hall–Kier alpha value is -1.70. The first-order valence-corrected chi connectivity index (χ1v) is 7.79. The van der Waals surface area contributed by atoms with Gasteiger partial charge in [0.15, 0.2) is 0 Å². The van der Waals surface area contributed by atoms with Crippen LogP contribution < -0.4 is 5.32 Å². The first-order chi connectivity index (χ1) is 9.86. The first-order valence-electron chi connectivity index (χ1n) is 6.98. The third kappa shape index (κ3) is 3.90. The second-order valence-corrected chi connectivity index (χ2v) is 6.92. The van der Waals surface area contributed by atoms with Crippen LogP contribution >= 0.6 is 11.3 Å². The highest BCUT2D eigenvalue weighted by Gasteiger charge is 2.37. The molecule has 2 amide bonds. The summed E-state index contributed by atoms with van der Waals surface area (Å²) in [6.07, 6.45) is 0.829. The van der Waals surface area contributed by atoms with E-state index in [4.69, 9.17) is 5.11 Å². The lowest BCUT2D eigenvalue weighted by molar-refractivity contribution is -0.142. The predicted molar refractivity (Wildman–Crippen MR) is 79.3 cm³/mol. The Morgan fingerprint density at radius 3 is 2.71 bits per heavy atom. The fourth-order valence-electron chi connectivity index (χ4n) is 2.36. The van der Waals surface area contributed by atoms with E-state index < -0.39 is 11.9 Å². The number of hydrogen-bond acceptors (Lipinski definition) is 5. The summed E-state index contributed by atoms with van der Waals surface area (Å²) in [6, 6.07) is -0.308. The molecule has 2 atom stereocenters. The van der Waals surface area contributed by atoms with Crippen molar-refractivity contribution in [1.29, 1.82) is 0 Å². The highest BCUT2D eigenvalue weighted by atomic mass is 32.1. The number of carboxylic acid groups (broad SMARTS) is 1. The van der Waals surface area contributed by atoms with Gasteiger partial charge in [-0.2, -0.15) is 0 Å². The molecular weight excluding hydrogens is 292 g/mol. The van der Waals surface area contributed by atoms with Crippen LogP contribution in [0.5, 0.6) is 0 Å². The smallest absolute Gasteiger partial charge is 0.323 e. The number of amides is 2. The van der Waals surface area contributed by atoms with Gasteiger partial charge in [0, 0.05) is 19.5 Å². The van der Waals surface area contributed by atoms with Crippen molar-refractivity contribution < 1.29 is 14.7 Å². The second kappa shape index (κ2) is 6.38. The largest absolute Gasteiger partial charge is 0.481 e. The summed E-state index contributed by atoms with van der Waals surface area (Å²) in [4.78, 5) is 24.7. The summed E-state index contributed by atoms with van der Waals surface area (Å²) in [6.45, 7) is 6.72. The molecule has 1 aromatic rings. The molecule has 0 aliphatic carbocycles. The number of carbonyl (C=O) groups excluding carboxylic acids is 1. The van der Waals surface area contributed by atoms with Gasteiger partial charge < -0.3 is 10.0 Å². The van der Waals surface area contributed by atoms with E-state index in [0.717, 1.165) is 11.4 Å². The molecule has 2 rings (SSSR count). The van der Waals surface area contributed by atoms with E-state index in [0.29, 0.717) is 17.6 Å². The van der Waals surface area contributed by atoms with Crippen LogP contribution in [0, 0.1) is 17.8 Å². The number of anilines is 1. The highest BCUT2D eigenvalue weighted by molar-refractivity contribution is 7.15. The summed E-state index contributed by atoms with van der Waals surface area (Å²) in [7, 11) is 0. The molecule has 1 aliphatic heterocycles. The van der Waals surface area contributed by atoms with Crippen molar-refractivity contribution >= 4 is 28.5 Å². The molecule has 2 heterocycles. The van der Waals surface area contributed by atoms with Crippen molar-refractivity contribution in [3.05, 3.63) is 5.01 Å². The second-order valence-electron chi connectivity index (χ2n) is 5.86. The third-order valence-corrected chi connectivity index (χ3v) is 4.34. The van der Waals surface area contributed by atoms with Crippen molar-refractivity contribution in [2.24, 2.45) is 17.8 Å². The lowest BCUT2D eigenvalue weighted by Gasteiger charge is -2.15. The maximum Gasteiger partial charge on any atom is 0.323 e. The lowest BCUT2D eigenvalue weighted by Crippen LogP contribution is -2.33. The standard InChI is InChI=1S/C13H20N4O3S/c1-7(2)4-10-15-16-12(21-10)14-13(20)17-5-8(3)9(6-17)11(18)19/h7-9H,4-6H2,1-3H3,(H,18,19)(H,14,16,20)/t8-,9-/m1/s1. The van der Waals surface area contributed by atoms with Gasteiger partial charge in [0.05, 0.1) is 5.92 Å². The Morgan fingerprint density at radius 2 is 2.14 bits per heavy atom. The fourth-order valence-corrected chi connectivity index (χ4v) is 3.30. The molecule has 7 nitrogen and oxygen atoms in total. The summed E-state index contributed by atoms with van der Waals surface area (Å²) >= 11 is 1.36. The molecule has 0 radical (unpaired) electrons. The van der Waals surface area contributed by atoms with Crippen LogP contribution in [0.2, 0.25) is 0 Å². The van der Waals surface area contributed by atoms with Crippen LogP contribution in [0.25, 0.3) is 0 Å². The highest BCUT2D eigenvalue weighted by Crippen LogP contribution is 2.24. The average Bonchev–Trinajstić information content (AvgIpc) is 2.95. The Balaban J connectivity index is 1.93. The maximum atomic E-state index is 12.1. The molecule has 0 unspecified atom stereocenters. The average molecular weight is 312 g/mol. The Morgan fingerprint density at radius 1 is 1.43 bits per heavy atom. The summed E-state index contributed by atoms with van der Waals surface area (Å²) in [5, 5.41) is 21.1. The number of nitrogens with zero attached hydrogens (tertiary/aromatic N) is 3. The molecule has 1 aliphatic rings. The number of carbonyl (C=O) groups is 2. The zero-order valence-electron chi connectivity index (χ0n) is 12.4. The number of carboxylic acids is 1. The number of aliphatic carboxylic acids is 1. The van der Waals surface area contributed by atoms with Gasteiger partial charge in [0.1, 0.15) is 5.01 Å². The van der Waals surface area contributed by atoms with Crippen molar-refractivity contribution in [2.45, 2.75) is 27.2 Å². The van der Waals surface area contributed by atoms with Gasteiger partial charge in [-0.1, -0.05) is 32.1 Å². The fraction of sp³-hybridized carbons (Fsp3) is 0.692. The maximum absolute atomic E-state index is 12.1. The summed E-state index contributed by atoms with van der Waals surface area (Å²) in [5.41, 5.74) is 0. The van der Waals surface area contributed by atoms with Gasteiger partial charge in [0.25, 0.3) is 0 Å². The van der Waals surface area contributed by atoms with Crippen LogP contribution in [0.15, 0.2) is 0 Å². The van der Waals surface area contributed by atoms with Crippen molar-refractivity contribution in [3.63, 3.8) is 0 Å². The van der Waals surface area contributed by atoms with E-state index >= 15 is 0 Å². The Kier molecular flexibility index (Phi) is 4.76. The van der Waals surface area contributed by atoms with E-state index in [1.165, 1.54) is 16.2 Å². The lowest BCUT2D eigenvalue weighted by atomic mass is 9.99. The topological polar surface area (TPSA) is 95.4 Å². The summed E-state index contributed by atoms with van der Waals surface area (Å²) in [5.74, 6) is -0.911. The molecular formula is C13H20N4O3S. The van der Waals surface area contributed by atoms with Gasteiger partial charge in [-0.3, -0.25) is 10.1 Å². The molecule has 2 N–H and O–H groups in total. The van der Waals surface area contributed by atoms with Crippen LogP contribution in [0.3, 0.4) is 0 Å². The monoisotopic (exact) mass is 312 g/mol. The van der Waals surface area contributed by atoms with Crippen LogP contribution in [-0.2, 0) is 11.2 Å². The number of hydrogen-bond donors (Lipinski definition) is 2. The normalized spacial score (nSPS) is 21.8. The van der Waals surface area contributed by atoms with E-state index in [9.17, 15) is 9.59 Å². The third-order valence-electron chi connectivity index (χ3n) is 3.48. The molecule has 0 bridgehead atoms. The summed E-state index contributed by atoms with van der Waals surface area (Å²) < 4.78 is 0. The van der Waals surface area contributed by atoms with E-state index in [-0.39, 0.29) is 18.5 Å². The van der Waals surface area contributed by atoms with Crippen molar-refractivity contribution in [2.75, 3.05) is 18.4 Å². The molecule has 0 saturated carbocycles. The minimum Gasteiger partial charge on any atom is -0.481 e. The number of aromatic nitrogens is 2. The minimum atomic E-state index is -0.854. The zero-order chi connectivity index (χ0) is 15.6. The van der Waals surface area contributed by atoms with Crippen LogP contribution in [0.4, 0.5) is 9.93 Å². The van der Waals surface area contributed by atoms with Gasteiger partial charge in [-0.15, -0.1) is 10.2 Å². The molecule has 1 aromatic heterocycles. The molecule has 1 saturated heterocycles. The van der Waals surface area contributed by atoms with E-state index in [1.807, 2.05) is 6.92 Å². The van der Waals surface area contributed by atoms with Crippen molar-refractivity contribution in [3.8, 4) is 0 Å².